The number of nitrogens with zero attached hydrogens (tertiary/aromatic N) is 2. The predicted octanol–water partition coefficient (Wildman–Crippen LogP) is 4.41. The number of nitro benzene ring substituents is 1. The fourth-order valence-corrected chi connectivity index (χ4v) is 3.71. The Morgan fingerprint density at radius 3 is 2.59 bits per heavy atom. The van der Waals surface area contributed by atoms with Gasteiger partial charge < -0.3 is 10.2 Å². The zero-order valence-electron chi connectivity index (χ0n) is 16.5. The molecule has 1 aliphatic heterocycles. The molecule has 3 rings (SSSR count). The van der Waals surface area contributed by atoms with Gasteiger partial charge in [0.15, 0.2) is 5.11 Å². The van der Waals surface area contributed by atoms with Crippen molar-refractivity contribution in [3.05, 3.63) is 63.7 Å². The number of aryl methyl sites for hydroxylation is 1. The Bertz CT molecular complexity index is 930. The van der Waals surface area contributed by atoms with Gasteiger partial charge in [0.1, 0.15) is 0 Å². The second-order valence-corrected chi connectivity index (χ2v) is 7.66. The lowest BCUT2D eigenvalue weighted by atomic mass is 10.0. The van der Waals surface area contributed by atoms with E-state index in [0.29, 0.717) is 11.6 Å². The van der Waals surface area contributed by atoms with Crippen LogP contribution >= 0.6 is 12.2 Å². The van der Waals surface area contributed by atoms with Crippen LogP contribution in [0.3, 0.4) is 0 Å². The zero-order valence-corrected chi connectivity index (χ0v) is 17.3. The van der Waals surface area contributed by atoms with Gasteiger partial charge in [-0.3, -0.25) is 20.2 Å². The van der Waals surface area contributed by atoms with Crippen molar-refractivity contribution in [3.8, 4) is 0 Å². The molecule has 0 aromatic heterocycles. The van der Waals surface area contributed by atoms with Crippen molar-refractivity contribution in [1.29, 1.82) is 0 Å². The van der Waals surface area contributed by atoms with Gasteiger partial charge in [-0.15, -0.1) is 0 Å². The molecule has 0 bridgehead atoms. The number of carbonyl (C=O) groups is 1. The number of hydrogen-bond acceptors (Lipinski definition) is 5. The molecule has 152 valence electrons. The van der Waals surface area contributed by atoms with Crippen LogP contribution in [-0.2, 0) is 0 Å². The zero-order chi connectivity index (χ0) is 21.0. The molecule has 2 aromatic rings. The van der Waals surface area contributed by atoms with E-state index in [-0.39, 0.29) is 16.4 Å². The van der Waals surface area contributed by atoms with Gasteiger partial charge >= 0.3 is 0 Å². The highest BCUT2D eigenvalue weighted by molar-refractivity contribution is 7.80. The van der Waals surface area contributed by atoms with E-state index in [0.717, 1.165) is 12.2 Å². The number of nitro groups is 1. The molecule has 0 saturated carbocycles. The number of amides is 1. The number of carbonyl (C=O) groups excluding carboxylic acids is 1. The normalized spacial score (nSPS) is 16.2. The third kappa shape index (κ3) is 5.08. The fourth-order valence-electron chi connectivity index (χ4n) is 3.50. The first kappa shape index (κ1) is 20.7. The summed E-state index contributed by atoms with van der Waals surface area (Å²) >= 11 is 5.21. The monoisotopic (exact) mass is 412 g/mol. The van der Waals surface area contributed by atoms with Crippen LogP contribution in [0.2, 0.25) is 0 Å². The van der Waals surface area contributed by atoms with E-state index in [1.54, 1.807) is 13.0 Å². The second-order valence-electron chi connectivity index (χ2n) is 7.25. The van der Waals surface area contributed by atoms with Gasteiger partial charge in [-0.1, -0.05) is 6.07 Å². The molecule has 1 saturated heterocycles. The van der Waals surface area contributed by atoms with Gasteiger partial charge in [0.05, 0.1) is 4.92 Å². The molecule has 8 heteroatoms. The van der Waals surface area contributed by atoms with Crippen LogP contribution in [0, 0.1) is 17.0 Å². The summed E-state index contributed by atoms with van der Waals surface area (Å²) < 4.78 is 0. The first-order valence-electron chi connectivity index (χ1n) is 9.59. The van der Waals surface area contributed by atoms with Crippen molar-refractivity contribution in [2.45, 2.75) is 39.2 Å². The Labute approximate surface area is 175 Å². The molecule has 1 fully saturated rings. The third-order valence-electron chi connectivity index (χ3n) is 5.15. The highest BCUT2D eigenvalue weighted by Gasteiger charge is 2.19. The van der Waals surface area contributed by atoms with E-state index in [2.05, 4.69) is 22.5 Å². The van der Waals surface area contributed by atoms with E-state index < -0.39 is 10.8 Å². The van der Waals surface area contributed by atoms with E-state index >= 15 is 0 Å². The second kappa shape index (κ2) is 9.00. The number of rotatable bonds is 4. The van der Waals surface area contributed by atoms with Crippen molar-refractivity contribution in [3.63, 3.8) is 0 Å². The molecule has 0 radical (unpaired) electrons. The van der Waals surface area contributed by atoms with Gasteiger partial charge in [0.2, 0.25) is 0 Å². The quantitative estimate of drug-likeness (QED) is 0.439. The number of benzene rings is 2. The molecule has 1 amide bonds. The van der Waals surface area contributed by atoms with Crippen molar-refractivity contribution >= 4 is 40.3 Å². The van der Waals surface area contributed by atoms with Gasteiger partial charge in [-0.25, -0.2) is 0 Å². The minimum Gasteiger partial charge on any atom is -0.369 e. The summed E-state index contributed by atoms with van der Waals surface area (Å²) in [6.07, 6.45) is 3.68. The van der Waals surface area contributed by atoms with Crippen molar-refractivity contribution in [1.82, 2.24) is 5.32 Å². The molecule has 2 N–H and O–H groups in total. The molecule has 7 nitrogen and oxygen atoms in total. The molecule has 29 heavy (non-hydrogen) atoms. The minimum atomic E-state index is -0.507. The summed E-state index contributed by atoms with van der Waals surface area (Å²) in [5, 5.41) is 16.7. The van der Waals surface area contributed by atoms with Crippen molar-refractivity contribution < 1.29 is 9.72 Å². The van der Waals surface area contributed by atoms with Gasteiger partial charge in [-0.2, -0.15) is 0 Å². The molecule has 1 aliphatic rings. The van der Waals surface area contributed by atoms with E-state index in [4.69, 9.17) is 12.2 Å². The van der Waals surface area contributed by atoms with Crippen LogP contribution in [0.5, 0.6) is 0 Å². The lowest BCUT2D eigenvalue weighted by Gasteiger charge is -2.35. The molecule has 0 aliphatic carbocycles. The molecule has 1 unspecified atom stereocenters. The lowest BCUT2D eigenvalue weighted by molar-refractivity contribution is -0.385. The number of anilines is 2. The Kier molecular flexibility index (Phi) is 6.43. The maximum Gasteiger partial charge on any atom is 0.273 e. The number of nitrogens with one attached hydrogen (secondary N) is 2. The Morgan fingerprint density at radius 1 is 1.21 bits per heavy atom. The SMILES string of the molecule is Cc1ccc(C(=O)NC(=S)Nc2ccc(N3CCCCC3C)cc2)cc1[N+](=O)[O-]. The summed E-state index contributed by atoms with van der Waals surface area (Å²) in [7, 11) is 0. The van der Waals surface area contributed by atoms with E-state index in [9.17, 15) is 14.9 Å². The molecule has 1 atom stereocenters. The Balaban J connectivity index is 1.61. The van der Waals surface area contributed by atoms with Gasteiger partial charge in [0.25, 0.3) is 11.6 Å². The first-order chi connectivity index (χ1) is 13.8. The van der Waals surface area contributed by atoms with Gasteiger partial charge in [0, 0.05) is 41.2 Å². The molecule has 0 spiro atoms. The summed E-state index contributed by atoms with van der Waals surface area (Å²) in [6, 6.07) is 12.8. The largest absolute Gasteiger partial charge is 0.369 e. The highest BCUT2D eigenvalue weighted by atomic mass is 32.1. The van der Waals surface area contributed by atoms with Crippen LogP contribution < -0.4 is 15.5 Å². The average Bonchev–Trinajstić information content (AvgIpc) is 2.69. The summed E-state index contributed by atoms with van der Waals surface area (Å²) in [5.74, 6) is -0.496. The van der Waals surface area contributed by atoms with Crippen LogP contribution in [-0.4, -0.2) is 28.5 Å². The van der Waals surface area contributed by atoms with E-state index in [1.807, 2.05) is 24.3 Å². The summed E-state index contributed by atoms with van der Waals surface area (Å²) in [4.78, 5) is 25.3. The lowest BCUT2D eigenvalue weighted by Crippen LogP contribution is -2.37. The maximum absolute atomic E-state index is 12.4. The topological polar surface area (TPSA) is 87.5 Å². The Morgan fingerprint density at radius 2 is 1.93 bits per heavy atom. The first-order valence-corrected chi connectivity index (χ1v) is 10.00. The standard InChI is InChI=1S/C21H24N4O3S/c1-14-6-7-16(13-19(14)25(27)28)20(26)23-21(29)22-17-8-10-18(11-9-17)24-12-4-3-5-15(24)2/h6-11,13,15H,3-5,12H2,1-2H3,(H2,22,23,26,29). The highest BCUT2D eigenvalue weighted by Crippen LogP contribution is 2.26. The molecular formula is C21H24N4O3S. The average molecular weight is 413 g/mol. The van der Waals surface area contributed by atoms with Crippen LogP contribution in [0.1, 0.15) is 42.1 Å². The smallest absolute Gasteiger partial charge is 0.273 e. The predicted molar refractivity (Wildman–Crippen MR) is 119 cm³/mol. The number of piperidine rings is 1. The van der Waals surface area contributed by atoms with E-state index in [1.165, 1.54) is 37.1 Å². The van der Waals surface area contributed by atoms with Crippen LogP contribution in [0.15, 0.2) is 42.5 Å². The maximum atomic E-state index is 12.4. The summed E-state index contributed by atoms with van der Waals surface area (Å²) in [5.41, 5.74) is 2.51. The molecule has 2 aromatic carbocycles. The van der Waals surface area contributed by atoms with Gasteiger partial charge in [-0.05, 0) is 75.7 Å². The van der Waals surface area contributed by atoms with Crippen molar-refractivity contribution in [2.75, 3.05) is 16.8 Å². The Hall–Kier alpha value is -3.00. The molecular weight excluding hydrogens is 388 g/mol. The number of thiocarbonyl (C=S) groups is 1. The van der Waals surface area contributed by atoms with Crippen LogP contribution in [0.4, 0.5) is 17.1 Å². The van der Waals surface area contributed by atoms with Crippen LogP contribution in [0.25, 0.3) is 0 Å². The minimum absolute atomic E-state index is 0.0981. The number of hydrogen-bond donors (Lipinski definition) is 2. The third-order valence-corrected chi connectivity index (χ3v) is 5.36. The fraction of sp³-hybridized carbons (Fsp3) is 0.333. The molecule has 1 heterocycles. The van der Waals surface area contributed by atoms with Crippen molar-refractivity contribution in [2.24, 2.45) is 0 Å². The summed E-state index contributed by atoms with van der Waals surface area (Å²) in [6.45, 7) is 4.93.